The van der Waals surface area contributed by atoms with Gasteiger partial charge in [0.25, 0.3) is 0 Å². The van der Waals surface area contributed by atoms with Crippen LogP contribution in [0.1, 0.15) is 49.2 Å². The molecule has 2 N–H and O–H groups in total. The highest BCUT2D eigenvalue weighted by Gasteiger charge is 2.25. The van der Waals surface area contributed by atoms with E-state index < -0.39 is 0 Å². The molecule has 2 aliphatic rings. The Morgan fingerprint density at radius 2 is 1.82 bits per heavy atom. The van der Waals surface area contributed by atoms with Crippen molar-refractivity contribution in [2.75, 3.05) is 18.4 Å². The number of aromatic nitrogens is 2. The first kappa shape index (κ1) is 17.7. The molecule has 28 heavy (non-hydrogen) atoms. The highest BCUT2D eigenvalue weighted by molar-refractivity contribution is 5.86. The second kappa shape index (κ2) is 7.59. The third-order valence-electron chi connectivity index (χ3n) is 6.42. The lowest BCUT2D eigenvalue weighted by molar-refractivity contribution is 0.367. The first-order valence-electron chi connectivity index (χ1n) is 10.8. The predicted molar refractivity (Wildman–Crippen MR) is 116 cm³/mol. The van der Waals surface area contributed by atoms with E-state index in [0.29, 0.717) is 12.1 Å². The number of nitrogens with zero attached hydrogens (tertiary/aromatic N) is 2. The first-order valence-corrected chi connectivity index (χ1v) is 10.8. The van der Waals surface area contributed by atoms with Gasteiger partial charge in [-0.2, -0.15) is 0 Å². The molecule has 1 fully saturated rings. The lowest BCUT2D eigenvalue weighted by atomic mass is 9.97. The number of imidazole rings is 1. The molecule has 4 nitrogen and oxygen atoms in total. The maximum Gasteiger partial charge on any atom is 0.110 e. The van der Waals surface area contributed by atoms with E-state index in [1.807, 2.05) is 0 Å². The Balaban J connectivity index is 1.56. The van der Waals surface area contributed by atoms with E-state index in [9.17, 15) is 0 Å². The standard InChI is InChI=1S/C24H30N4/c1-17-7-9-20-21(26-17)10-11-22-24(20)27-23(12-8-18-5-3-2-4-6-18)28(22)19-13-15-25-16-14-19/h2-6,10-11,17,19,25-26H,7-9,12-16H2,1H3/t17-/m0/s1. The lowest BCUT2D eigenvalue weighted by Crippen LogP contribution is -2.30. The van der Waals surface area contributed by atoms with Crippen molar-refractivity contribution in [1.82, 2.24) is 14.9 Å². The van der Waals surface area contributed by atoms with Gasteiger partial charge < -0.3 is 15.2 Å². The van der Waals surface area contributed by atoms with Crippen molar-refractivity contribution in [1.29, 1.82) is 0 Å². The van der Waals surface area contributed by atoms with Crippen LogP contribution in [0.15, 0.2) is 42.5 Å². The van der Waals surface area contributed by atoms with Gasteiger partial charge in [0.15, 0.2) is 0 Å². The molecule has 0 bridgehead atoms. The molecule has 2 aromatic carbocycles. The van der Waals surface area contributed by atoms with Crippen molar-refractivity contribution in [3.05, 3.63) is 59.4 Å². The van der Waals surface area contributed by atoms with E-state index in [1.54, 1.807) is 0 Å². The second-order valence-electron chi connectivity index (χ2n) is 8.41. The summed E-state index contributed by atoms with van der Waals surface area (Å²) in [6.45, 7) is 4.48. The summed E-state index contributed by atoms with van der Waals surface area (Å²) in [7, 11) is 0. The van der Waals surface area contributed by atoms with Crippen molar-refractivity contribution in [3.8, 4) is 0 Å². The minimum Gasteiger partial charge on any atom is -0.382 e. The number of rotatable bonds is 4. The van der Waals surface area contributed by atoms with Crippen LogP contribution in [0.2, 0.25) is 0 Å². The lowest BCUT2D eigenvalue weighted by Gasteiger charge is -2.27. The highest BCUT2D eigenvalue weighted by Crippen LogP contribution is 2.35. The van der Waals surface area contributed by atoms with Crippen LogP contribution in [0.4, 0.5) is 5.69 Å². The minimum atomic E-state index is 0.550. The van der Waals surface area contributed by atoms with E-state index in [4.69, 9.17) is 4.98 Å². The summed E-state index contributed by atoms with van der Waals surface area (Å²) in [5.74, 6) is 1.26. The molecule has 5 rings (SSSR count). The van der Waals surface area contributed by atoms with Crippen LogP contribution in [-0.2, 0) is 19.3 Å². The topological polar surface area (TPSA) is 41.9 Å². The Labute approximate surface area is 167 Å². The average Bonchev–Trinajstić information content (AvgIpc) is 3.12. The number of benzene rings is 2. The second-order valence-corrected chi connectivity index (χ2v) is 8.41. The van der Waals surface area contributed by atoms with Gasteiger partial charge in [0, 0.05) is 29.8 Å². The molecule has 0 radical (unpaired) electrons. The number of hydrogen-bond donors (Lipinski definition) is 2. The summed E-state index contributed by atoms with van der Waals surface area (Å²) >= 11 is 0. The fourth-order valence-electron chi connectivity index (χ4n) is 4.90. The van der Waals surface area contributed by atoms with Crippen molar-refractivity contribution in [2.24, 2.45) is 0 Å². The summed E-state index contributed by atoms with van der Waals surface area (Å²) in [4.78, 5) is 5.24. The number of fused-ring (bicyclic) bond motifs is 3. The van der Waals surface area contributed by atoms with Gasteiger partial charge in [0.05, 0.1) is 11.0 Å². The van der Waals surface area contributed by atoms with Gasteiger partial charge in [-0.3, -0.25) is 0 Å². The normalized spacial score (nSPS) is 20.1. The fourth-order valence-corrected chi connectivity index (χ4v) is 4.90. The van der Waals surface area contributed by atoms with Crippen molar-refractivity contribution < 1.29 is 0 Å². The van der Waals surface area contributed by atoms with Crippen LogP contribution >= 0.6 is 0 Å². The Hall–Kier alpha value is -2.33. The maximum absolute atomic E-state index is 5.24. The van der Waals surface area contributed by atoms with Crippen LogP contribution in [0, 0.1) is 0 Å². The predicted octanol–water partition coefficient (Wildman–Crippen LogP) is 4.49. The zero-order valence-electron chi connectivity index (χ0n) is 16.7. The molecule has 0 saturated carbocycles. The molecule has 1 aromatic heterocycles. The fraction of sp³-hybridized carbons (Fsp3) is 0.458. The number of piperidine rings is 1. The monoisotopic (exact) mass is 374 g/mol. The molecule has 3 aromatic rings. The minimum absolute atomic E-state index is 0.550. The van der Waals surface area contributed by atoms with Crippen molar-refractivity contribution in [3.63, 3.8) is 0 Å². The quantitative estimate of drug-likeness (QED) is 0.707. The SMILES string of the molecule is C[C@H]1CCc2c(ccc3c2nc(CCc2ccccc2)n3C2CCNCC2)N1. The van der Waals surface area contributed by atoms with Gasteiger partial charge in [0.1, 0.15) is 5.82 Å². The molecule has 146 valence electrons. The number of aryl methyl sites for hydroxylation is 3. The van der Waals surface area contributed by atoms with E-state index in [0.717, 1.165) is 32.4 Å². The molecular weight excluding hydrogens is 344 g/mol. The van der Waals surface area contributed by atoms with E-state index in [1.165, 1.54) is 52.9 Å². The highest BCUT2D eigenvalue weighted by atomic mass is 15.1. The van der Waals surface area contributed by atoms with Gasteiger partial charge in [-0.25, -0.2) is 4.98 Å². The van der Waals surface area contributed by atoms with Gasteiger partial charge in [-0.05, 0) is 69.8 Å². The zero-order valence-corrected chi connectivity index (χ0v) is 16.7. The van der Waals surface area contributed by atoms with Gasteiger partial charge >= 0.3 is 0 Å². The molecule has 1 saturated heterocycles. The summed E-state index contributed by atoms with van der Waals surface area (Å²) in [5.41, 5.74) is 6.67. The van der Waals surface area contributed by atoms with E-state index in [-0.39, 0.29) is 0 Å². The summed E-state index contributed by atoms with van der Waals surface area (Å²) in [5, 5.41) is 7.17. The third-order valence-corrected chi connectivity index (χ3v) is 6.42. The smallest absolute Gasteiger partial charge is 0.110 e. The zero-order chi connectivity index (χ0) is 18.9. The molecule has 3 heterocycles. The third kappa shape index (κ3) is 3.30. The van der Waals surface area contributed by atoms with Gasteiger partial charge in [-0.1, -0.05) is 30.3 Å². The summed E-state index contributed by atoms with van der Waals surface area (Å²) in [6.07, 6.45) is 6.74. The Kier molecular flexibility index (Phi) is 4.81. The Morgan fingerprint density at radius 3 is 2.64 bits per heavy atom. The van der Waals surface area contributed by atoms with E-state index in [2.05, 4.69) is 64.6 Å². The van der Waals surface area contributed by atoms with Crippen LogP contribution in [-0.4, -0.2) is 28.7 Å². The molecule has 1 atom stereocenters. The van der Waals surface area contributed by atoms with Crippen molar-refractivity contribution >= 4 is 16.7 Å². The number of anilines is 1. The average molecular weight is 375 g/mol. The van der Waals surface area contributed by atoms with E-state index >= 15 is 0 Å². The molecular formula is C24H30N4. The van der Waals surface area contributed by atoms with Gasteiger partial charge in [0.2, 0.25) is 0 Å². The van der Waals surface area contributed by atoms with Crippen LogP contribution < -0.4 is 10.6 Å². The molecule has 0 amide bonds. The number of hydrogen-bond acceptors (Lipinski definition) is 3. The van der Waals surface area contributed by atoms with Crippen LogP contribution in [0.3, 0.4) is 0 Å². The molecule has 0 unspecified atom stereocenters. The molecule has 4 heteroatoms. The molecule has 0 aliphatic carbocycles. The van der Waals surface area contributed by atoms with Gasteiger partial charge in [-0.15, -0.1) is 0 Å². The first-order chi connectivity index (χ1) is 13.8. The number of nitrogens with one attached hydrogen (secondary N) is 2. The summed E-state index contributed by atoms with van der Waals surface area (Å²) < 4.78 is 2.58. The summed E-state index contributed by atoms with van der Waals surface area (Å²) in [6, 6.07) is 16.5. The maximum atomic E-state index is 5.24. The Morgan fingerprint density at radius 1 is 1.00 bits per heavy atom. The largest absolute Gasteiger partial charge is 0.382 e. The molecule has 0 spiro atoms. The Bertz CT molecular complexity index is 954. The van der Waals surface area contributed by atoms with Crippen LogP contribution in [0.25, 0.3) is 11.0 Å². The molecule has 2 aliphatic heterocycles. The van der Waals surface area contributed by atoms with Crippen molar-refractivity contribution in [2.45, 2.75) is 57.5 Å². The van der Waals surface area contributed by atoms with Crippen LogP contribution in [0.5, 0.6) is 0 Å².